The van der Waals surface area contributed by atoms with Crippen LogP contribution < -0.4 is 0 Å². The van der Waals surface area contributed by atoms with E-state index in [0.29, 0.717) is 0 Å². The first-order valence-corrected chi connectivity index (χ1v) is 3.58. The van der Waals surface area contributed by atoms with Gasteiger partial charge in [0.25, 0.3) is 0 Å². The molecule has 0 N–H and O–H groups in total. The molecule has 0 radical (unpaired) electrons. The molecule has 0 aliphatic carbocycles. The van der Waals surface area contributed by atoms with Crippen LogP contribution in [0.4, 0.5) is 0 Å². The predicted octanol–water partition coefficient (Wildman–Crippen LogP) is 1.84. The van der Waals surface area contributed by atoms with E-state index in [1.807, 2.05) is 0 Å². The van der Waals surface area contributed by atoms with Crippen molar-refractivity contribution < 1.29 is 0 Å². The Morgan fingerprint density at radius 3 is 2.11 bits per heavy atom. The second-order valence-corrected chi connectivity index (χ2v) is 2.13. The molecule has 0 saturated heterocycles. The zero-order valence-electron chi connectivity index (χ0n) is 6.05. The number of thiocarbonyl (C=S) groups is 1. The molecule has 2 heteroatoms. The molecule has 0 amide bonds. The third kappa shape index (κ3) is 2.61. The molecule has 0 spiro atoms. The van der Waals surface area contributed by atoms with E-state index in [1.54, 1.807) is 6.08 Å². The largest absolute Gasteiger partial charge is 0.363 e. The Balaban J connectivity index is 3.78. The number of rotatable bonds is 3. The summed E-state index contributed by atoms with van der Waals surface area (Å²) in [4.78, 5) is 2.93. The number of likely N-dealkylation sites (N-methyl/N-ethyl adjacent to an activating group) is 1. The van der Waals surface area contributed by atoms with Gasteiger partial charge in [-0.05, 0) is 19.9 Å². The summed E-state index contributed by atoms with van der Waals surface area (Å²) >= 11 is 4.98. The van der Waals surface area contributed by atoms with Crippen molar-refractivity contribution in [2.45, 2.75) is 13.8 Å². The van der Waals surface area contributed by atoms with Crippen LogP contribution in [-0.2, 0) is 0 Å². The smallest absolute Gasteiger partial charge is 0.101 e. The van der Waals surface area contributed by atoms with E-state index in [0.717, 1.165) is 18.1 Å². The minimum atomic E-state index is 0.847. The highest BCUT2D eigenvalue weighted by Crippen LogP contribution is 1.90. The van der Waals surface area contributed by atoms with Gasteiger partial charge >= 0.3 is 0 Å². The summed E-state index contributed by atoms with van der Waals surface area (Å²) < 4.78 is 0. The normalized spacial score (nSPS) is 8.67. The van der Waals surface area contributed by atoms with Gasteiger partial charge in [0.2, 0.25) is 0 Å². The fourth-order valence-corrected chi connectivity index (χ4v) is 0.923. The predicted molar refractivity (Wildman–Crippen MR) is 45.7 cm³/mol. The van der Waals surface area contributed by atoms with Gasteiger partial charge in [0.1, 0.15) is 4.99 Å². The van der Waals surface area contributed by atoms with Crippen molar-refractivity contribution in [3.63, 3.8) is 0 Å². The fourth-order valence-electron chi connectivity index (χ4n) is 0.664. The Labute approximate surface area is 62.4 Å². The first-order chi connectivity index (χ1) is 4.26. The van der Waals surface area contributed by atoms with Gasteiger partial charge in [-0.2, -0.15) is 0 Å². The van der Waals surface area contributed by atoms with Crippen LogP contribution in [0.15, 0.2) is 12.7 Å². The molecular weight excluding hydrogens is 130 g/mol. The first-order valence-electron chi connectivity index (χ1n) is 3.17. The molecule has 0 atom stereocenters. The van der Waals surface area contributed by atoms with Crippen molar-refractivity contribution in [1.29, 1.82) is 0 Å². The molecule has 52 valence electrons. The van der Waals surface area contributed by atoms with Crippen LogP contribution in [0.3, 0.4) is 0 Å². The number of hydrogen-bond donors (Lipinski definition) is 0. The molecule has 0 aromatic heterocycles. The van der Waals surface area contributed by atoms with Crippen LogP contribution in [-0.4, -0.2) is 23.0 Å². The van der Waals surface area contributed by atoms with Crippen LogP contribution in [0.1, 0.15) is 13.8 Å². The SMILES string of the molecule is C=CC(=S)N(CC)CC. The quantitative estimate of drug-likeness (QED) is 0.438. The molecule has 0 saturated carbocycles. The zero-order valence-corrected chi connectivity index (χ0v) is 6.87. The van der Waals surface area contributed by atoms with Gasteiger partial charge in [-0.3, -0.25) is 0 Å². The Hall–Kier alpha value is -0.370. The van der Waals surface area contributed by atoms with Crippen molar-refractivity contribution in [3.05, 3.63) is 12.7 Å². The lowest BCUT2D eigenvalue weighted by Gasteiger charge is -2.18. The van der Waals surface area contributed by atoms with Crippen molar-refractivity contribution >= 4 is 17.2 Å². The van der Waals surface area contributed by atoms with Gasteiger partial charge in [-0.25, -0.2) is 0 Å². The topological polar surface area (TPSA) is 3.24 Å². The van der Waals surface area contributed by atoms with E-state index in [1.165, 1.54) is 0 Å². The maximum atomic E-state index is 4.98. The molecule has 1 nitrogen and oxygen atoms in total. The molecule has 0 aromatic carbocycles. The van der Waals surface area contributed by atoms with Gasteiger partial charge in [-0.15, -0.1) is 0 Å². The lowest BCUT2D eigenvalue weighted by molar-refractivity contribution is 0.476. The van der Waals surface area contributed by atoms with Crippen molar-refractivity contribution in [1.82, 2.24) is 4.90 Å². The molecule has 0 aliphatic heterocycles. The molecule has 0 heterocycles. The Morgan fingerprint density at radius 2 is 2.00 bits per heavy atom. The monoisotopic (exact) mass is 143 g/mol. The van der Waals surface area contributed by atoms with Crippen LogP contribution in [0.5, 0.6) is 0 Å². The molecule has 0 aliphatic rings. The summed E-state index contributed by atoms with van der Waals surface area (Å²) in [6.07, 6.45) is 1.71. The lowest BCUT2D eigenvalue weighted by atomic mass is 10.5. The Bertz CT molecular complexity index is 105. The summed E-state index contributed by atoms with van der Waals surface area (Å²) in [6.45, 7) is 9.71. The van der Waals surface area contributed by atoms with E-state index in [2.05, 4.69) is 25.3 Å². The average molecular weight is 143 g/mol. The van der Waals surface area contributed by atoms with E-state index >= 15 is 0 Å². The summed E-state index contributed by atoms with van der Waals surface area (Å²) in [7, 11) is 0. The maximum absolute atomic E-state index is 4.98. The highest BCUT2D eigenvalue weighted by Gasteiger charge is 1.97. The average Bonchev–Trinajstić information content (AvgIpc) is 1.90. The lowest BCUT2D eigenvalue weighted by Crippen LogP contribution is -2.26. The van der Waals surface area contributed by atoms with E-state index in [-0.39, 0.29) is 0 Å². The van der Waals surface area contributed by atoms with Crippen LogP contribution in [0.25, 0.3) is 0 Å². The summed E-state index contributed by atoms with van der Waals surface area (Å²) in [5.74, 6) is 0. The first kappa shape index (κ1) is 8.63. The minimum absolute atomic E-state index is 0.847. The molecular formula is C7H13NS. The molecule has 0 bridgehead atoms. The minimum Gasteiger partial charge on any atom is -0.363 e. The highest BCUT2D eigenvalue weighted by atomic mass is 32.1. The zero-order chi connectivity index (χ0) is 7.28. The van der Waals surface area contributed by atoms with Crippen molar-refractivity contribution in [3.8, 4) is 0 Å². The molecule has 9 heavy (non-hydrogen) atoms. The second-order valence-electron chi connectivity index (χ2n) is 1.71. The van der Waals surface area contributed by atoms with E-state index < -0.39 is 0 Å². The summed E-state index contributed by atoms with van der Waals surface area (Å²) in [5, 5.41) is 0. The van der Waals surface area contributed by atoms with Gasteiger partial charge in [0, 0.05) is 13.1 Å². The summed E-state index contributed by atoms with van der Waals surface area (Å²) in [6, 6.07) is 0. The molecule has 0 unspecified atom stereocenters. The number of hydrogen-bond acceptors (Lipinski definition) is 1. The third-order valence-electron chi connectivity index (χ3n) is 1.25. The number of nitrogens with zero attached hydrogens (tertiary/aromatic N) is 1. The maximum Gasteiger partial charge on any atom is 0.101 e. The third-order valence-corrected chi connectivity index (χ3v) is 1.67. The van der Waals surface area contributed by atoms with Gasteiger partial charge in [0.05, 0.1) is 0 Å². The van der Waals surface area contributed by atoms with Crippen LogP contribution >= 0.6 is 12.2 Å². The fraction of sp³-hybridized carbons (Fsp3) is 0.571. The summed E-state index contributed by atoms with van der Waals surface area (Å²) in [5.41, 5.74) is 0. The van der Waals surface area contributed by atoms with Crippen LogP contribution in [0.2, 0.25) is 0 Å². The Morgan fingerprint density at radius 1 is 1.56 bits per heavy atom. The molecule has 0 aromatic rings. The second kappa shape index (κ2) is 4.50. The van der Waals surface area contributed by atoms with Gasteiger partial charge < -0.3 is 4.90 Å². The van der Waals surface area contributed by atoms with Crippen molar-refractivity contribution in [2.24, 2.45) is 0 Å². The highest BCUT2D eigenvalue weighted by molar-refractivity contribution is 7.80. The van der Waals surface area contributed by atoms with E-state index in [9.17, 15) is 0 Å². The molecule has 0 rings (SSSR count). The van der Waals surface area contributed by atoms with E-state index in [4.69, 9.17) is 12.2 Å². The molecule has 0 fully saturated rings. The van der Waals surface area contributed by atoms with Crippen molar-refractivity contribution in [2.75, 3.05) is 13.1 Å². The van der Waals surface area contributed by atoms with Crippen LogP contribution in [0, 0.1) is 0 Å². The van der Waals surface area contributed by atoms with Gasteiger partial charge in [-0.1, -0.05) is 18.8 Å². The Kier molecular flexibility index (Phi) is 4.32. The standard InChI is InChI=1S/C7H13NS/c1-4-7(9)8(5-2)6-3/h4H,1,5-6H2,2-3H3. The van der Waals surface area contributed by atoms with Gasteiger partial charge in [0.15, 0.2) is 0 Å².